The maximum Gasteiger partial charge on any atom is 0.323 e. The van der Waals surface area contributed by atoms with Crippen LogP contribution in [0.15, 0.2) is 0 Å². The molecule has 1 fully saturated rings. The summed E-state index contributed by atoms with van der Waals surface area (Å²) < 4.78 is 0. The zero-order valence-corrected chi connectivity index (χ0v) is 10.3. The van der Waals surface area contributed by atoms with Crippen LogP contribution in [0.5, 0.6) is 0 Å². The Balaban J connectivity index is 2.34. The van der Waals surface area contributed by atoms with Crippen LogP contribution in [0.4, 0.5) is 0 Å². The van der Waals surface area contributed by atoms with Gasteiger partial charge >= 0.3 is 5.97 Å². The van der Waals surface area contributed by atoms with E-state index >= 15 is 0 Å². The molecule has 0 aromatic rings. The van der Waals surface area contributed by atoms with Crippen LogP contribution in [0, 0.1) is 5.92 Å². The van der Waals surface area contributed by atoms with E-state index in [2.05, 4.69) is 13.8 Å². The number of hydrogen-bond acceptors (Lipinski definition) is 3. The average Bonchev–Trinajstić information content (AvgIpc) is 2.58. The second kappa shape index (κ2) is 5.21. The van der Waals surface area contributed by atoms with Crippen molar-refractivity contribution in [3.05, 3.63) is 0 Å². The average molecular weight is 231 g/mol. The summed E-state index contributed by atoms with van der Waals surface area (Å²) in [5, 5.41) is 9.42. The molecule has 0 aromatic carbocycles. The molecule has 4 heteroatoms. The predicted octanol–water partition coefficient (Wildman–Crippen LogP) is 2.10. The van der Waals surface area contributed by atoms with Crippen molar-refractivity contribution >= 4 is 17.7 Å². The Bertz CT molecular complexity index is 235. The van der Waals surface area contributed by atoms with E-state index < -0.39 is 11.5 Å². The molecule has 1 rings (SSSR count). The molecule has 3 atom stereocenters. The monoisotopic (exact) mass is 231 g/mol. The zero-order chi connectivity index (χ0) is 11.5. The molecular weight excluding hydrogens is 210 g/mol. The minimum absolute atomic E-state index is 0.445. The lowest BCUT2D eigenvalue weighted by atomic mass is 10.0. The predicted molar refractivity (Wildman–Crippen MR) is 64.1 cm³/mol. The summed E-state index contributed by atoms with van der Waals surface area (Å²) in [4.78, 5) is 10.9. The number of nitrogens with two attached hydrogens (primary N) is 1. The van der Waals surface area contributed by atoms with Gasteiger partial charge in [-0.15, -0.1) is 0 Å². The largest absolute Gasteiger partial charge is 0.480 e. The van der Waals surface area contributed by atoms with Gasteiger partial charge in [0.2, 0.25) is 0 Å². The van der Waals surface area contributed by atoms with Crippen molar-refractivity contribution in [3.63, 3.8) is 0 Å². The van der Waals surface area contributed by atoms with Crippen molar-refractivity contribution in [2.45, 2.75) is 50.3 Å². The number of carboxylic acids is 1. The third-order valence-electron chi connectivity index (χ3n) is 3.24. The topological polar surface area (TPSA) is 63.3 Å². The maximum atomic E-state index is 10.9. The number of carboxylic acid groups (broad SMARTS) is 1. The Morgan fingerprint density at radius 1 is 1.73 bits per heavy atom. The molecule has 3 nitrogen and oxygen atoms in total. The Morgan fingerprint density at radius 2 is 2.40 bits per heavy atom. The fourth-order valence-corrected chi connectivity index (χ4v) is 3.32. The SMILES string of the molecule is CCC(C)CSC1CCC(N)(C(=O)O)C1. The van der Waals surface area contributed by atoms with Crippen molar-refractivity contribution in [3.8, 4) is 0 Å². The van der Waals surface area contributed by atoms with E-state index in [1.54, 1.807) is 0 Å². The number of thioether (sulfide) groups is 1. The molecule has 88 valence electrons. The molecule has 0 amide bonds. The van der Waals surface area contributed by atoms with Crippen molar-refractivity contribution in [2.24, 2.45) is 11.7 Å². The van der Waals surface area contributed by atoms with E-state index in [0.29, 0.717) is 24.0 Å². The molecule has 3 unspecified atom stereocenters. The van der Waals surface area contributed by atoms with E-state index in [-0.39, 0.29) is 0 Å². The van der Waals surface area contributed by atoms with Crippen molar-refractivity contribution in [1.29, 1.82) is 0 Å². The van der Waals surface area contributed by atoms with Gasteiger partial charge in [0.25, 0.3) is 0 Å². The van der Waals surface area contributed by atoms with Crippen LogP contribution >= 0.6 is 11.8 Å². The van der Waals surface area contributed by atoms with Crippen molar-refractivity contribution < 1.29 is 9.90 Å². The molecule has 0 aromatic heterocycles. The second-order valence-corrected chi connectivity index (χ2v) is 6.01. The molecule has 1 saturated carbocycles. The summed E-state index contributed by atoms with van der Waals surface area (Å²) in [6.07, 6.45) is 3.39. The Morgan fingerprint density at radius 3 is 2.87 bits per heavy atom. The molecule has 0 aliphatic heterocycles. The number of hydrogen-bond donors (Lipinski definition) is 2. The lowest BCUT2D eigenvalue weighted by Gasteiger charge is -2.18. The van der Waals surface area contributed by atoms with Crippen molar-refractivity contribution in [2.75, 3.05) is 5.75 Å². The molecule has 0 spiro atoms. The summed E-state index contributed by atoms with van der Waals surface area (Å²) in [5.74, 6) is 0.999. The molecule has 0 saturated heterocycles. The summed E-state index contributed by atoms with van der Waals surface area (Å²) >= 11 is 1.89. The van der Waals surface area contributed by atoms with Crippen LogP contribution in [0.3, 0.4) is 0 Å². The minimum atomic E-state index is -0.951. The first kappa shape index (κ1) is 12.8. The highest BCUT2D eigenvalue weighted by Gasteiger charge is 2.42. The standard InChI is InChI=1S/C11H21NO2S/c1-3-8(2)7-15-9-4-5-11(12,6-9)10(13)14/h8-9H,3-7,12H2,1-2H3,(H,13,14). The third-order valence-corrected chi connectivity index (χ3v) is 4.88. The summed E-state index contributed by atoms with van der Waals surface area (Å²) in [6.45, 7) is 4.42. The van der Waals surface area contributed by atoms with Gasteiger partial charge in [-0.3, -0.25) is 4.79 Å². The first-order chi connectivity index (χ1) is 6.98. The second-order valence-electron chi connectivity index (χ2n) is 4.67. The highest BCUT2D eigenvalue weighted by molar-refractivity contribution is 7.99. The number of aliphatic carboxylic acids is 1. The lowest BCUT2D eigenvalue weighted by Crippen LogP contribution is -2.45. The van der Waals surface area contributed by atoms with Gasteiger partial charge in [0.1, 0.15) is 5.54 Å². The molecule has 15 heavy (non-hydrogen) atoms. The van der Waals surface area contributed by atoms with E-state index in [1.807, 2.05) is 11.8 Å². The number of rotatable bonds is 5. The van der Waals surface area contributed by atoms with Gasteiger partial charge < -0.3 is 10.8 Å². The first-order valence-corrected chi connectivity index (χ1v) is 6.66. The maximum absolute atomic E-state index is 10.9. The highest BCUT2D eigenvalue weighted by atomic mass is 32.2. The molecule has 0 radical (unpaired) electrons. The first-order valence-electron chi connectivity index (χ1n) is 5.62. The van der Waals surface area contributed by atoms with Gasteiger partial charge in [-0.05, 0) is 30.9 Å². The Kier molecular flexibility index (Phi) is 4.46. The number of carbonyl (C=O) groups is 1. The van der Waals surface area contributed by atoms with E-state index in [9.17, 15) is 4.79 Å². The fraction of sp³-hybridized carbons (Fsp3) is 0.909. The van der Waals surface area contributed by atoms with Gasteiger partial charge in [0.05, 0.1) is 0 Å². The van der Waals surface area contributed by atoms with Crippen LogP contribution in [-0.4, -0.2) is 27.6 Å². The van der Waals surface area contributed by atoms with Crippen LogP contribution in [0.25, 0.3) is 0 Å². The molecule has 0 bridgehead atoms. The third kappa shape index (κ3) is 3.38. The van der Waals surface area contributed by atoms with Crippen LogP contribution in [-0.2, 0) is 4.79 Å². The van der Waals surface area contributed by atoms with Gasteiger partial charge in [-0.2, -0.15) is 11.8 Å². The van der Waals surface area contributed by atoms with E-state index in [4.69, 9.17) is 10.8 Å². The minimum Gasteiger partial charge on any atom is -0.480 e. The zero-order valence-electron chi connectivity index (χ0n) is 9.53. The normalized spacial score (nSPS) is 32.9. The lowest BCUT2D eigenvalue weighted by molar-refractivity contribution is -0.143. The van der Waals surface area contributed by atoms with Gasteiger partial charge in [-0.25, -0.2) is 0 Å². The van der Waals surface area contributed by atoms with Crippen LogP contribution < -0.4 is 5.73 Å². The molecular formula is C11H21NO2S. The smallest absolute Gasteiger partial charge is 0.323 e. The van der Waals surface area contributed by atoms with Crippen molar-refractivity contribution in [1.82, 2.24) is 0 Å². The Hall–Kier alpha value is -0.220. The van der Waals surface area contributed by atoms with Gasteiger partial charge in [0, 0.05) is 5.25 Å². The Labute approximate surface area is 95.8 Å². The van der Waals surface area contributed by atoms with Crippen LogP contribution in [0.1, 0.15) is 39.5 Å². The molecule has 1 aliphatic carbocycles. The van der Waals surface area contributed by atoms with Gasteiger partial charge in [0.15, 0.2) is 0 Å². The summed E-state index contributed by atoms with van der Waals surface area (Å²) in [6, 6.07) is 0. The van der Waals surface area contributed by atoms with Crippen LogP contribution in [0.2, 0.25) is 0 Å². The molecule has 3 N–H and O–H groups in total. The molecule has 0 heterocycles. The van der Waals surface area contributed by atoms with Gasteiger partial charge in [-0.1, -0.05) is 20.3 Å². The van der Waals surface area contributed by atoms with E-state index in [0.717, 1.165) is 12.2 Å². The fourth-order valence-electron chi connectivity index (χ4n) is 1.78. The molecule has 1 aliphatic rings. The highest BCUT2D eigenvalue weighted by Crippen LogP contribution is 2.36. The summed E-state index contributed by atoms with van der Waals surface area (Å²) in [5.41, 5.74) is 4.87. The summed E-state index contributed by atoms with van der Waals surface area (Å²) in [7, 11) is 0. The van der Waals surface area contributed by atoms with E-state index in [1.165, 1.54) is 6.42 Å². The quantitative estimate of drug-likeness (QED) is 0.760.